The molecule has 1 aromatic rings. The van der Waals surface area contributed by atoms with Crippen molar-refractivity contribution in [2.75, 3.05) is 0 Å². The molecule has 0 radical (unpaired) electrons. The molecule has 1 heterocycles. The second-order valence-electron chi connectivity index (χ2n) is 4.16. The molecule has 1 N–H and O–H groups in total. The monoisotopic (exact) mass is 235 g/mol. The zero-order chi connectivity index (χ0) is 13.4. The maximum Gasteiger partial charge on any atom is 0.305 e. The Balaban J connectivity index is 0.000000366. The van der Waals surface area contributed by atoms with Crippen LogP contribution in [0.2, 0.25) is 0 Å². The third-order valence-corrected chi connectivity index (χ3v) is 2.37. The van der Waals surface area contributed by atoms with Crippen molar-refractivity contribution in [3.8, 4) is 0 Å². The van der Waals surface area contributed by atoms with Gasteiger partial charge in [0, 0.05) is 12.4 Å². The van der Waals surface area contributed by atoms with E-state index in [1.54, 1.807) is 13.8 Å². The smallest absolute Gasteiger partial charge is 0.305 e. The van der Waals surface area contributed by atoms with E-state index < -0.39 is 5.97 Å². The van der Waals surface area contributed by atoms with Crippen LogP contribution >= 0.6 is 0 Å². The number of carboxylic acids is 1. The van der Waals surface area contributed by atoms with Gasteiger partial charge in [0.15, 0.2) is 0 Å². The number of carboxylic acid groups (broad SMARTS) is 1. The van der Waals surface area contributed by atoms with Crippen LogP contribution in [0.15, 0.2) is 24.5 Å². The number of rotatable bonds is 2. The molecule has 0 saturated carbocycles. The van der Waals surface area contributed by atoms with Gasteiger partial charge in [0.2, 0.25) is 0 Å². The molecular formula is C14H21NO2. The summed E-state index contributed by atoms with van der Waals surface area (Å²) in [5, 5.41) is 7.99. The number of nitrogens with zero attached hydrogens (tertiary/aromatic N) is 1. The van der Waals surface area contributed by atoms with Gasteiger partial charge in [0.05, 0.1) is 5.92 Å². The zero-order valence-corrected chi connectivity index (χ0v) is 11.2. The van der Waals surface area contributed by atoms with Crippen LogP contribution in [0.3, 0.4) is 0 Å². The van der Waals surface area contributed by atoms with E-state index in [1.165, 1.54) is 16.7 Å². The first kappa shape index (κ1) is 15.4. The summed E-state index contributed by atoms with van der Waals surface area (Å²) in [6, 6.07) is 2.05. The second kappa shape index (κ2) is 7.60. The summed E-state index contributed by atoms with van der Waals surface area (Å²) in [6.07, 6.45) is 5.83. The van der Waals surface area contributed by atoms with Crippen LogP contribution < -0.4 is 0 Å². The highest BCUT2D eigenvalue weighted by molar-refractivity contribution is 5.68. The SMILES string of the molecule is C/C=C(/C)c1ccncc1C.CC(C)C(=O)O. The summed E-state index contributed by atoms with van der Waals surface area (Å²) in [7, 11) is 0. The minimum atomic E-state index is -0.741. The van der Waals surface area contributed by atoms with Crippen molar-refractivity contribution >= 4 is 11.5 Å². The zero-order valence-electron chi connectivity index (χ0n) is 11.2. The summed E-state index contributed by atoms with van der Waals surface area (Å²) in [5.74, 6) is -0.972. The second-order valence-corrected chi connectivity index (χ2v) is 4.16. The molecule has 17 heavy (non-hydrogen) atoms. The fourth-order valence-electron chi connectivity index (χ4n) is 1.07. The van der Waals surface area contributed by atoms with E-state index in [1.807, 2.05) is 18.5 Å². The predicted molar refractivity (Wildman–Crippen MR) is 70.8 cm³/mol. The number of aryl methyl sites for hydroxylation is 1. The van der Waals surface area contributed by atoms with Crippen LogP contribution in [0.4, 0.5) is 0 Å². The predicted octanol–water partition coefficient (Wildman–Crippen LogP) is 3.54. The van der Waals surface area contributed by atoms with E-state index in [0.717, 1.165) is 0 Å². The van der Waals surface area contributed by atoms with E-state index in [4.69, 9.17) is 5.11 Å². The van der Waals surface area contributed by atoms with Crippen molar-refractivity contribution < 1.29 is 9.90 Å². The van der Waals surface area contributed by atoms with Gasteiger partial charge in [-0.3, -0.25) is 9.78 Å². The first-order valence-corrected chi connectivity index (χ1v) is 5.66. The van der Waals surface area contributed by atoms with Gasteiger partial charge >= 0.3 is 5.97 Å². The molecular weight excluding hydrogens is 214 g/mol. The van der Waals surface area contributed by atoms with Gasteiger partial charge in [0.1, 0.15) is 0 Å². The van der Waals surface area contributed by atoms with Crippen LogP contribution in [-0.4, -0.2) is 16.1 Å². The lowest BCUT2D eigenvalue weighted by Gasteiger charge is -2.03. The van der Waals surface area contributed by atoms with Crippen LogP contribution in [0.25, 0.3) is 5.57 Å². The van der Waals surface area contributed by atoms with Gasteiger partial charge in [0.25, 0.3) is 0 Å². The molecule has 0 spiro atoms. The first-order chi connectivity index (χ1) is 7.90. The molecule has 0 unspecified atom stereocenters. The topological polar surface area (TPSA) is 50.2 Å². The highest BCUT2D eigenvalue weighted by Gasteiger charge is 1.99. The van der Waals surface area contributed by atoms with Gasteiger partial charge in [-0.05, 0) is 43.5 Å². The van der Waals surface area contributed by atoms with Crippen molar-refractivity contribution in [2.24, 2.45) is 5.92 Å². The number of carbonyl (C=O) groups is 1. The number of hydrogen-bond donors (Lipinski definition) is 1. The van der Waals surface area contributed by atoms with Crippen LogP contribution in [-0.2, 0) is 4.79 Å². The van der Waals surface area contributed by atoms with Crippen molar-refractivity contribution in [2.45, 2.75) is 34.6 Å². The van der Waals surface area contributed by atoms with E-state index in [0.29, 0.717) is 0 Å². The fourth-order valence-corrected chi connectivity index (χ4v) is 1.07. The molecule has 1 rings (SSSR count). The molecule has 0 amide bonds. The largest absolute Gasteiger partial charge is 0.481 e. The Morgan fingerprint density at radius 1 is 1.47 bits per heavy atom. The molecule has 3 nitrogen and oxygen atoms in total. The van der Waals surface area contributed by atoms with Gasteiger partial charge in [-0.15, -0.1) is 0 Å². The first-order valence-electron chi connectivity index (χ1n) is 5.66. The van der Waals surface area contributed by atoms with Gasteiger partial charge in [-0.2, -0.15) is 0 Å². The van der Waals surface area contributed by atoms with E-state index in [2.05, 4.69) is 31.8 Å². The maximum atomic E-state index is 9.70. The van der Waals surface area contributed by atoms with Crippen molar-refractivity contribution in [1.29, 1.82) is 0 Å². The average molecular weight is 235 g/mol. The highest BCUT2D eigenvalue weighted by atomic mass is 16.4. The molecule has 0 fully saturated rings. The lowest BCUT2D eigenvalue weighted by molar-refractivity contribution is -0.140. The van der Waals surface area contributed by atoms with Crippen molar-refractivity contribution in [3.05, 3.63) is 35.7 Å². The number of pyridine rings is 1. The molecule has 0 aromatic carbocycles. The Morgan fingerprint density at radius 2 is 2.00 bits per heavy atom. The molecule has 1 aromatic heterocycles. The number of allylic oxidation sites excluding steroid dienone is 2. The van der Waals surface area contributed by atoms with Crippen LogP contribution in [0.1, 0.15) is 38.8 Å². The van der Waals surface area contributed by atoms with E-state index >= 15 is 0 Å². The summed E-state index contributed by atoms with van der Waals surface area (Å²) in [6.45, 7) is 9.53. The minimum absolute atomic E-state index is 0.231. The quantitative estimate of drug-likeness (QED) is 0.853. The van der Waals surface area contributed by atoms with Gasteiger partial charge in [-0.25, -0.2) is 0 Å². The molecule has 0 aliphatic carbocycles. The Kier molecular flexibility index (Phi) is 6.87. The van der Waals surface area contributed by atoms with Gasteiger partial charge in [-0.1, -0.05) is 19.9 Å². The molecule has 0 saturated heterocycles. The number of aromatic nitrogens is 1. The van der Waals surface area contributed by atoms with E-state index in [9.17, 15) is 4.79 Å². The normalized spacial score (nSPS) is 10.8. The number of hydrogen-bond acceptors (Lipinski definition) is 2. The highest BCUT2D eigenvalue weighted by Crippen LogP contribution is 2.15. The lowest BCUT2D eigenvalue weighted by Crippen LogP contribution is -2.03. The van der Waals surface area contributed by atoms with Crippen LogP contribution in [0.5, 0.6) is 0 Å². The fraction of sp³-hybridized carbons (Fsp3) is 0.429. The standard InChI is InChI=1S/C10H13N.C4H8O2/c1-4-8(2)10-5-6-11-7-9(10)3;1-3(2)4(5)6/h4-7H,1-3H3;3H,1-2H3,(H,5,6)/b8-4-;. The molecule has 0 bridgehead atoms. The molecule has 0 aliphatic heterocycles. The Bertz CT molecular complexity index is 395. The van der Waals surface area contributed by atoms with Crippen molar-refractivity contribution in [1.82, 2.24) is 4.98 Å². The third kappa shape index (κ3) is 5.85. The summed E-state index contributed by atoms with van der Waals surface area (Å²) >= 11 is 0. The number of aliphatic carboxylic acids is 1. The van der Waals surface area contributed by atoms with Crippen molar-refractivity contribution in [3.63, 3.8) is 0 Å². The Hall–Kier alpha value is -1.64. The molecule has 0 atom stereocenters. The lowest BCUT2D eigenvalue weighted by atomic mass is 10.0. The Morgan fingerprint density at radius 3 is 2.35 bits per heavy atom. The summed E-state index contributed by atoms with van der Waals surface area (Å²) in [5.41, 5.74) is 3.84. The van der Waals surface area contributed by atoms with E-state index in [-0.39, 0.29) is 5.92 Å². The molecule has 3 heteroatoms. The third-order valence-electron chi connectivity index (χ3n) is 2.37. The Labute approximate surface area is 103 Å². The molecule has 0 aliphatic rings. The maximum absolute atomic E-state index is 9.70. The molecule has 94 valence electrons. The average Bonchev–Trinajstić information content (AvgIpc) is 2.29. The summed E-state index contributed by atoms with van der Waals surface area (Å²) < 4.78 is 0. The van der Waals surface area contributed by atoms with Crippen LogP contribution in [0, 0.1) is 12.8 Å². The van der Waals surface area contributed by atoms with Gasteiger partial charge < -0.3 is 5.11 Å². The minimum Gasteiger partial charge on any atom is -0.481 e. The summed E-state index contributed by atoms with van der Waals surface area (Å²) in [4.78, 5) is 13.7.